The van der Waals surface area contributed by atoms with E-state index in [9.17, 15) is 9.59 Å². The first-order valence-electron chi connectivity index (χ1n) is 5.94. The molecule has 0 amide bonds. The average molecular weight is 228 g/mol. The number of hydrogen-bond acceptors (Lipinski definition) is 3. The summed E-state index contributed by atoms with van der Waals surface area (Å²) in [5.41, 5.74) is -0.227. The monoisotopic (exact) mass is 228 g/mol. The molecule has 0 aromatic carbocycles. The largest absolute Gasteiger partial charge is 0.381 e. The zero-order valence-corrected chi connectivity index (χ0v) is 11.0. The van der Waals surface area contributed by atoms with E-state index in [0.29, 0.717) is 31.8 Å². The lowest BCUT2D eigenvalue weighted by molar-refractivity contribution is -0.126. The Morgan fingerprint density at radius 2 is 1.62 bits per heavy atom. The number of unbranched alkanes of at least 4 members (excludes halogenated alkanes) is 1. The number of Topliss-reactive ketones (excluding diaryl/α,β-unsaturated/α-hetero) is 2. The van der Waals surface area contributed by atoms with Gasteiger partial charge in [-0.1, -0.05) is 20.8 Å². The first kappa shape index (κ1) is 15.3. The Kier molecular flexibility index (Phi) is 7.22. The Labute approximate surface area is 98.6 Å². The molecule has 0 saturated heterocycles. The molecule has 0 radical (unpaired) electrons. The van der Waals surface area contributed by atoms with Crippen LogP contribution in [0.1, 0.15) is 53.4 Å². The minimum absolute atomic E-state index is 0.155. The van der Waals surface area contributed by atoms with Gasteiger partial charge in [0.2, 0.25) is 0 Å². The second-order valence-electron chi connectivity index (χ2n) is 5.19. The number of carbonyl (C=O) groups excluding carboxylic acids is 2. The average Bonchev–Trinajstić information content (AvgIpc) is 2.14. The molecule has 0 aliphatic rings. The van der Waals surface area contributed by atoms with Crippen LogP contribution >= 0.6 is 0 Å². The van der Waals surface area contributed by atoms with Gasteiger partial charge in [-0.05, 0) is 19.8 Å². The van der Waals surface area contributed by atoms with Crippen molar-refractivity contribution in [2.75, 3.05) is 13.2 Å². The van der Waals surface area contributed by atoms with Gasteiger partial charge in [-0.15, -0.1) is 0 Å². The highest BCUT2D eigenvalue weighted by atomic mass is 16.5. The summed E-state index contributed by atoms with van der Waals surface area (Å²) in [6.07, 6.45) is 2.87. The van der Waals surface area contributed by atoms with E-state index in [2.05, 4.69) is 0 Å². The van der Waals surface area contributed by atoms with E-state index in [4.69, 9.17) is 4.74 Å². The fraction of sp³-hybridized carbons (Fsp3) is 0.846. The summed E-state index contributed by atoms with van der Waals surface area (Å²) in [7, 11) is 0. The fourth-order valence-corrected chi connectivity index (χ4v) is 1.18. The quantitative estimate of drug-likeness (QED) is 0.600. The highest BCUT2D eigenvalue weighted by Crippen LogP contribution is 2.18. The standard InChI is InChI=1S/C13H24O3/c1-11(14)8-10-16-9-6-5-7-12(15)13(2,3)4/h5-10H2,1-4H3. The molecular formula is C13H24O3. The summed E-state index contributed by atoms with van der Waals surface area (Å²) in [5.74, 6) is 0.458. The van der Waals surface area contributed by atoms with Crippen LogP contribution in [0.2, 0.25) is 0 Å². The molecule has 0 unspecified atom stereocenters. The summed E-state index contributed by atoms with van der Waals surface area (Å²) in [6, 6.07) is 0. The molecular weight excluding hydrogens is 204 g/mol. The fourth-order valence-electron chi connectivity index (χ4n) is 1.18. The Morgan fingerprint density at radius 3 is 2.12 bits per heavy atom. The van der Waals surface area contributed by atoms with E-state index in [-0.39, 0.29) is 11.2 Å². The SMILES string of the molecule is CC(=O)CCOCCCCC(=O)C(C)(C)C. The van der Waals surface area contributed by atoms with Crippen LogP contribution in [0.3, 0.4) is 0 Å². The third kappa shape index (κ3) is 8.60. The highest BCUT2D eigenvalue weighted by molar-refractivity contribution is 5.83. The Morgan fingerprint density at radius 1 is 1.00 bits per heavy atom. The number of ether oxygens (including phenoxy) is 1. The Hall–Kier alpha value is -0.700. The Bertz CT molecular complexity index is 226. The molecule has 0 heterocycles. The lowest BCUT2D eigenvalue weighted by Gasteiger charge is -2.16. The lowest BCUT2D eigenvalue weighted by atomic mass is 9.88. The molecule has 0 aromatic heterocycles. The van der Waals surface area contributed by atoms with E-state index >= 15 is 0 Å². The van der Waals surface area contributed by atoms with E-state index in [1.54, 1.807) is 6.92 Å². The van der Waals surface area contributed by atoms with Gasteiger partial charge in [0.1, 0.15) is 11.6 Å². The van der Waals surface area contributed by atoms with Gasteiger partial charge in [0.05, 0.1) is 6.61 Å². The maximum Gasteiger partial charge on any atom is 0.138 e. The molecule has 94 valence electrons. The topological polar surface area (TPSA) is 43.4 Å². The van der Waals surface area contributed by atoms with E-state index < -0.39 is 0 Å². The van der Waals surface area contributed by atoms with E-state index in [0.717, 1.165) is 12.8 Å². The van der Waals surface area contributed by atoms with Gasteiger partial charge in [0, 0.05) is 24.9 Å². The van der Waals surface area contributed by atoms with Crippen LogP contribution in [0.25, 0.3) is 0 Å². The van der Waals surface area contributed by atoms with Crippen LogP contribution in [0, 0.1) is 5.41 Å². The molecule has 0 bridgehead atoms. The van der Waals surface area contributed by atoms with Crippen LogP contribution < -0.4 is 0 Å². The van der Waals surface area contributed by atoms with Gasteiger partial charge >= 0.3 is 0 Å². The number of hydrogen-bond donors (Lipinski definition) is 0. The number of ketones is 2. The van der Waals surface area contributed by atoms with Crippen LogP contribution in [-0.4, -0.2) is 24.8 Å². The third-order valence-corrected chi connectivity index (χ3v) is 2.38. The predicted molar refractivity (Wildman–Crippen MR) is 64.4 cm³/mol. The summed E-state index contributed by atoms with van der Waals surface area (Å²) in [4.78, 5) is 22.2. The van der Waals surface area contributed by atoms with Crippen LogP contribution in [-0.2, 0) is 14.3 Å². The molecule has 0 N–H and O–H groups in total. The van der Waals surface area contributed by atoms with Gasteiger partial charge < -0.3 is 4.74 Å². The van der Waals surface area contributed by atoms with Crippen molar-refractivity contribution in [3.05, 3.63) is 0 Å². The van der Waals surface area contributed by atoms with Crippen molar-refractivity contribution in [2.45, 2.75) is 53.4 Å². The maximum absolute atomic E-state index is 11.6. The predicted octanol–water partition coefficient (Wildman–Crippen LogP) is 2.77. The van der Waals surface area contributed by atoms with Crippen molar-refractivity contribution in [2.24, 2.45) is 5.41 Å². The molecule has 0 rings (SSSR count). The maximum atomic E-state index is 11.6. The van der Waals surface area contributed by atoms with Crippen molar-refractivity contribution in [3.63, 3.8) is 0 Å². The molecule has 3 heteroatoms. The molecule has 0 spiro atoms. The van der Waals surface area contributed by atoms with Gasteiger partial charge in [-0.2, -0.15) is 0 Å². The zero-order chi connectivity index (χ0) is 12.6. The minimum Gasteiger partial charge on any atom is -0.381 e. The van der Waals surface area contributed by atoms with Crippen molar-refractivity contribution in [1.82, 2.24) is 0 Å². The highest BCUT2D eigenvalue weighted by Gasteiger charge is 2.19. The van der Waals surface area contributed by atoms with Crippen LogP contribution in [0.4, 0.5) is 0 Å². The van der Waals surface area contributed by atoms with E-state index in [1.165, 1.54) is 0 Å². The Balaban J connectivity index is 3.34. The van der Waals surface area contributed by atoms with E-state index in [1.807, 2.05) is 20.8 Å². The molecule has 0 aliphatic carbocycles. The molecule has 3 nitrogen and oxygen atoms in total. The zero-order valence-electron chi connectivity index (χ0n) is 11.0. The first-order valence-corrected chi connectivity index (χ1v) is 5.94. The molecule has 16 heavy (non-hydrogen) atoms. The van der Waals surface area contributed by atoms with Crippen molar-refractivity contribution in [1.29, 1.82) is 0 Å². The molecule has 0 fully saturated rings. The summed E-state index contributed by atoms with van der Waals surface area (Å²) < 4.78 is 5.28. The first-order chi connectivity index (χ1) is 7.34. The molecule has 0 saturated carbocycles. The van der Waals surface area contributed by atoms with Gasteiger partial charge in [0.15, 0.2) is 0 Å². The minimum atomic E-state index is -0.227. The van der Waals surface area contributed by atoms with Crippen LogP contribution in [0.5, 0.6) is 0 Å². The third-order valence-electron chi connectivity index (χ3n) is 2.38. The summed E-state index contributed by atoms with van der Waals surface area (Å²) in [6.45, 7) is 8.54. The second-order valence-corrected chi connectivity index (χ2v) is 5.19. The normalized spacial score (nSPS) is 11.5. The van der Waals surface area contributed by atoms with Gasteiger partial charge in [0.25, 0.3) is 0 Å². The van der Waals surface area contributed by atoms with Crippen molar-refractivity contribution in [3.8, 4) is 0 Å². The van der Waals surface area contributed by atoms with Gasteiger partial charge in [-0.25, -0.2) is 0 Å². The second kappa shape index (κ2) is 7.55. The van der Waals surface area contributed by atoms with Crippen molar-refractivity contribution < 1.29 is 14.3 Å². The number of rotatable bonds is 8. The lowest BCUT2D eigenvalue weighted by Crippen LogP contribution is -2.19. The van der Waals surface area contributed by atoms with Crippen molar-refractivity contribution >= 4 is 11.6 Å². The van der Waals surface area contributed by atoms with Crippen LogP contribution in [0.15, 0.2) is 0 Å². The smallest absolute Gasteiger partial charge is 0.138 e. The molecule has 0 aromatic rings. The van der Waals surface area contributed by atoms with Gasteiger partial charge in [-0.3, -0.25) is 9.59 Å². The summed E-state index contributed by atoms with van der Waals surface area (Å²) >= 11 is 0. The summed E-state index contributed by atoms with van der Waals surface area (Å²) in [5, 5.41) is 0. The molecule has 0 aliphatic heterocycles. The molecule has 0 atom stereocenters. The number of carbonyl (C=O) groups is 2.